The summed E-state index contributed by atoms with van der Waals surface area (Å²) in [6.07, 6.45) is 0. The van der Waals surface area contributed by atoms with Crippen LogP contribution in [-0.2, 0) is 0 Å². The van der Waals surface area contributed by atoms with Crippen LogP contribution in [0.25, 0.3) is 0 Å². The van der Waals surface area contributed by atoms with Crippen molar-refractivity contribution in [2.24, 2.45) is 0 Å². The first-order valence-electron chi connectivity index (χ1n) is 4.72. The minimum atomic E-state index is 0.848. The third-order valence-corrected chi connectivity index (χ3v) is 2.72. The van der Waals surface area contributed by atoms with Gasteiger partial charge in [0.15, 0.2) is 0 Å². The quantitative estimate of drug-likeness (QED) is 0.628. The summed E-state index contributed by atoms with van der Waals surface area (Å²) in [5.41, 5.74) is 1.27. The largest absolute Gasteiger partial charge is 0.492 e. The Kier molecular flexibility index (Phi) is 4.16. The molecule has 1 aromatic rings. The van der Waals surface area contributed by atoms with Crippen molar-refractivity contribution in [1.29, 1.82) is 0 Å². The first kappa shape index (κ1) is 10.5. The molecule has 1 aliphatic rings. The van der Waals surface area contributed by atoms with Crippen LogP contribution in [0.1, 0.15) is 19.4 Å². The van der Waals surface area contributed by atoms with Gasteiger partial charge in [0.25, 0.3) is 0 Å². The lowest BCUT2D eigenvalue weighted by atomic mass is 10.2. The van der Waals surface area contributed by atoms with Gasteiger partial charge < -0.3 is 4.74 Å². The van der Waals surface area contributed by atoms with Gasteiger partial charge in [-0.15, -0.1) is 11.8 Å². The van der Waals surface area contributed by atoms with Gasteiger partial charge in [-0.05, 0) is 24.6 Å². The summed E-state index contributed by atoms with van der Waals surface area (Å²) >= 11 is 1.87. The standard InChI is InChI=1S/C9H10OS.C2H6/c1-7-2-3-9-8(6-7)10-4-5-11-9;1-2/h2-3,6H,4-5H2,1H3;1-2H3. The maximum atomic E-state index is 5.48. The van der Waals surface area contributed by atoms with E-state index in [4.69, 9.17) is 4.74 Å². The van der Waals surface area contributed by atoms with Gasteiger partial charge in [0.2, 0.25) is 0 Å². The first-order chi connectivity index (χ1) is 6.36. The van der Waals surface area contributed by atoms with E-state index in [0.29, 0.717) is 0 Å². The van der Waals surface area contributed by atoms with Crippen LogP contribution in [0.2, 0.25) is 0 Å². The van der Waals surface area contributed by atoms with Crippen molar-refractivity contribution in [1.82, 2.24) is 0 Å². The van der Waals surface area contributed by atoms with Crippen molar-refractivity contribution >= 4 is 11.8 Å². The van der Waals surface area contributed by atoms with Gasteiger partial charge in [-0.3, -0.25) is 0 Å². The van der Waals surface area contributed by atoms with Crippen LogP contribution in [-0.4, -0.2) is 12.4 Å². The van der Waals surface area contributed by atoms with E-state index in [1.807, 2.05) is 25.6 Å². The number of aryl methyl sites for hydroxylation is 1. The zero-order valence-corrected chi connectivity index (χ0v) is 9.28. The van der Waals surface area contributed by atoms with E-state index in [-0.39, 0.29) is 0 Å². The molecule has 0 aromatic heterocycles. The van der Waals surface area contributed by atoms with Crippen LogP contribution in [0.15, 0.2) is 23.1 Å². The maximum absolute atomic E-state index is 5.48. The molecule has 0 fully saturated rings. The summed E-state index contributed by atoms with van der Waals surface area (Å²) in [7, 11) is 0. The Bertz CT molecular complexity index is 271. The SMILES string of the molecule is CC.Cc1ccc2c(c1)OCCS2. The van der Waals surface area contributed by atoms with Crippen LogP contribution in [0.5, 0.6) is 5.75 Å². The van der Waals surface area contributed by atoms with E-state index < -0.39 is 0 Å². The zero-order valence-electron chi connectivity index (χ0n) is 8.46. The van der Waals surface area contributed by atoms with Crippen molar-refractivity contribution in [3.63, 3.8) is 0 Å². The van der Waals surface area contributed by atoms with Gasteiger partial charge in [-0.2, -0.15) is 0 Å². The Labute approximate surface area is 84.5 Å². The molecule has 2 heteroatoms. The van der Waals surface area contributed by atoms with Crippen LogP contribution in [0.3, 0.4) is 0 Å². The summed E-state index contributed by atoms with van der Waals surface area (Å²) in [6.45, 7) is 6.93. The molecule has 1 nitrogen and oxygen atoms in total. The highest BCUT2D eigenvalue weighted by atomic mass is 32.2. The molecule has 72 valence electrons. The molecule has 1 heterocycles. The van der Waals surface area contributed by atoms with Crippen LogP contribution in [0, 0.1) is 6.92 Å². The summed E-state index contributed by atoms with van der Waals surface area (Å²) in [6, 6.07) is 6.36. The lowest BCUT2D eigenvalue weighted by molar-refractivity contribution is 0.330. The number of hydrogen-bond donors (Lipinski definition) is 0. The molecular formula is C11H16OS. The number of thioether (sulfide) groups is 1. The third-order valence-electron chi connectivity index (χ3n) is 1.70. The molecule has 0 spiro atoms. The predicted molar refractivity (Wildman–Crippen MR) is 58.7 cm³/mol. The van der Waals surface area contributed by atoms with E-state index in [1.165, 1.54) is 10.5 Å². The molecule has 0 saturated heterocycles. The van der Waals surface area contributed by atoms with Gasteiger partial charge in [0.05, 0.1) is 6.61 Å². The first-order valence-corrected chi connectivity index (χ1v) is 5.71. The van der Waals surface area contributed by atoms with Crippen molar-refractivity contribution in [2.75, 3.05) is 12.4 Å². The number of fused-ring (bicyclic) bond motifs is 1. The summed E-state index contributed by atoms with van der Waals surface area (Å²) in [4.78, 5) is 1.28. The Balaban J connectivity index is 0.000000396. The molecular weight excluding hydrogens is 180 g/mol. The van der Waals surface area contributed by atoms with Crippen LogP contribution < -0.4 is 4.74 Å². The molecule has 2 rings (SSSR count). The smallest absolute Gasteiger partial charge is 0.133 e. The highest BCUT2D eigenvalue weighted by Crippen LogP contribution is 2.33. The predicted octanol–water partition coefficient (Wildman–Crippen LogP) is 3.51. The van der Waals surface area contributed by atoms with Crippen LogP contribution in [0.4, 0.5) is 0 Å². The second kappa shape index (κ2) is 5.18. The third kappa shape index (κ3) is 2.66. The van der Waals surface area contributed by atoms with Gasteiger partial charge >= 0.3 is 0 Å². The van der Waals surface area contributed by atoms with Gasteiger partial charge in [0.1, 0.15) is 5.75 Å². The Hall–Kier alpha value is -0.630. The van der Waals surface area contributed by atoms with Crippen molar-refractivity contribution in [3.05, 3.63) is 23.8 Å². The molecule has 13 heavy (non-hydrogen) atoms. The lowest BCUT2D eigenvalue weighted by Crippen LogP contribution is -2.06. The zero-order chi connectivity index (χ0) is 9.68. The van der Waals surface area contributed by atoms with Crippen molar-refractivity contribution < 1.29 is 4.74 Å². The molecule has 1 aromatic carbocycles. The highest BCUT2D eigenvalue weighted by Gasteiger charge is 2.09. The molecule has 0 aliphatic carbocycles. The fourth-order valence-electron chi connectivity index (χ4n) is 1.15. The summed E-state index contributed by atoms with van der Waals surface area (Å²) < 4.78 is 5.48. The van der Waals surface area contributed by atoms with Crippen LogP contribution >= 0.6 is 11.8 Å². The monoisotopic (exact) mass is 196 g/mol. The normalized spacial score (nSPS) is 13.5. The molecule has 1 aliphatic heterocycles. The van der Waals surface area contributed by atoms with E-state index in [9.17, 15) is 0 Å². The molecule has 0 N–H and O–H groups in total. The highest BCUT2D eigenvalue weighted by molar-refractivity contribution is 7.99. The fraction of sp³-hybridized carbons (Fsp3) is 0.455. The minimum Gasteiger partial charge on any atom is -0.492 e. The molecule has 0 atom stereocenters. The van der Waals surface area contributed by atoms with Gasteiger partial charge in [-0.25, -0.2) is 0 Å². The Morgan fingerprint density at radius 3 is 2.85 bits per heavy atom. The van der Waals surface area contributed by atoms with E-state index >= 15 is 0 Å². The molecule has 0 bridgehead atoms. The van der Waals surface area contributed by atoms with E-state index in [1.54, 1.807) is 0 Å². The second-order valence-electron chi connectivity index (χ2n) is 2.65. The van der Waals surface area contributed by atoms with E-state index in [0.717, 1.165) is 18.1 Å². The van der Waals surface area contributed by atoms with E-state index in [2.05, 4.69) is 25.1 Å². The summed E-state index contributed by atoms with van der Waals surface area (Å²) in [5, 5.41) is 0. The number of hydrogen-bond acceptors (Lipinski definition) is 2. The maximum Gasteiger partial charge on any atom is 0.133 e. The molecule has 0 radical (unpaired) electrons. The number of benzene rings is 1. The topological polar surface area (TPSA) is 9.23 Å². The lowest BCUT2D eigenvalue weighted by Gasteiger charge is -2.16. The van der Waals surface area contributed by atoms with Crippen molar-refractivity contribution in [3.8, 4) is 5.75 Å². The number of ether oxygens (including phenoxy) is 1. The molecule has 0 amide bonds. The average Bonchev–Trinajstić information content (AvgIpc) is 2.21. The Morgan fingerprint density at radius 2 is 2.08 bits per heavy atom. The minimum absolute atomic E-state index is 0.848. The fourth-order valence-corrected chi connectivity index (χ4v) is 1.96. The average molecular weight is 196 g/mol. The van der Waals surface area contributed by atoms with Gasteiger partial charge in [0, 0.05) is 10.6 Å². The Morgan fingerprint density at radius 1 is 1.31 bits per heavy atom. The van der Waals surface area contributed by atoms with Crippen molar-refractivity contribution in [2.45, 2.75) is 25.7 Å². The van der Waals surface area contributed by atoms with Gasteiger partial charge in [-0.1, -0.05) is 19.9 Å². The molecule has 0 saturated carbocycles. The second-order valence-corrected chi connectivity index (χ2v) is 3.78. The summed E-state index contributed by atoms with van der Waals surface area (Å²) in [5.74, 6) is 2.14. The molecule has 0 unspecified atom stereocenters. The number of rotatable bonds is 0.